The molecule has 7 heteroatoms. The molecule has 0 spiro atoms. The minimum atomic E-state index is -0.296. The molecule has 1 saturated heterocycles. The molecule has 0 saturated carbocycles. The van der Waals surface area contributed by atoms with E-state index in [1.165, 1.54) is 0 Å². The van der Waals surface area contributed by atoms with Crippen molar-refractivity contribution in [3.8, 4) is 0 Å². The van der Waals surface area contributed by atoms with Crippen LogP contribution in [0.5, 0.6) is 0 Å². The van der Waals surface area contributed by atoms with Crippen molar-refractivity contribution in [1.29, 1.82) is 0 Å². The molecule has 25 heavy (non-hydrogen) atoms. The van der Waals surface area contributed by atoms with Crippen molar-refractivity contribution in [3.63, 3.8) is 0 Å². The summed E-state index contributed by atoms with van der Waals surface area (Å²) in [6.07, 6.45) is 2.31. The van der Waals surface area contributed by atoms with E-state index in [2.05, 4.69) is 22.2 Å². The molecule has 0 radical (unpaired) electrons. The lowest BCUT2D eigenvalue weighted by Gasteiger charge is -2.28. The second kappa shape index (κ2) is 8.41. The smallest absolute Gasteiger partial charge is 0.258 e. The van der Waals surface area contributed by atoms with Gasteiger partial charge in [0.15, 0.2) is 0 Å². The summed E-state index contributed by atoms with van der Waals surface area (Å²) < 4.78 is 0. The third-order valence-electron chi connectivity index (χ3n) is 4.09. The van der Waals surface area contributed by atoms with Crippen molar-refractivity contribution < 1.29 is 4.79 Å². The number of nitrogens with one attached hydrogen (secondary N) is 1. The summed E-state index contributed by atoms with van der Waals surface area (Å²) in [4.78, 5) is 19.3. The standard InChI is InChI=1S/C18H19Cl2N3OS/c1-23-9-7-13(8-10-23)25-17-4-2-3-16(21-17)22-18(24)14-6-5-12(19)11-15(14)20/h2-6,11,13H,7-10H2,1H3,(H,21,22,24). The number of carbonyl (C=O) groups is 1. The topological polar surface area (TPSA) is 45.2 Å². The second-order valence-corrected chi connectivity index (χ2v) is 8.22. The van der Waals surface area contributed by atoms with Gasteiger partial charge in [0.05, 0.1) is 15.6 Å². The zero-order valence-corrected chi connectivity index (χ0v) is 16.2. The van der Waals surface area contributed by atoms with Crippen molar-refractivity contribution in [3.05, 3.63) is 52.0 Å². The first-order valence-electron chi connectivity index (χ1n) is 8.10. The molecule has 132 valence electrons. The van der Waals surface area contributed by atoms with Crippen molar-refractivity contribution in [2.45, 2.75) is 23.1 Å². The Labute approximate surface area is 161 Å². The molecular weight excluding hydrogens is 377 g/mol. The normalized spacial score (nSPS) is 16.0. The lowest BCUT2D eigenvalue weighted by atomic mass is 10.1. The molecule has 2 heterocycles. The van der Waals surface area contributed by atoms with Crippen LogP contribution in [0.4, 0.5) is 5.82 Å². The van der Waals surface area contributed by atoms with Gasteiger partial charge >= 0.3 is 0 Å². The van der Waals surface area contributed by atoms with Gasteiger partial charge in [0.2, 0.25) is 0 Å². The van der Waals surface area contributed by atoms with Crippen LogP contribution in [-0.4, -0.2) is 41.2 Å². The van der Waals surface area contributed by atoms with Gasteiger partial charge in [-0.2, -0.15) is 0 Å². The Morgan fingerprint density at radius 1 is 1.24 bits per heavy atom. The number of nitrogens with zero attached hydrogens (tertiary/aromatic N) is 2. The number of likely N-dealkylation sites (tertiary alicyclic amines) is 1. The van der Waals surface area contributed by atoms with Gasteiger partial charge in [0, 0.05) is 10.3 Å². The molecule has 0 bridgehead atoms. The number of amides is 1. The zero-order chi connectivity index (χ0) is 17.8. The maximum absolute atomic E-state index is 12.4. The van der Waals surface area contributed by atoms with Crippen molar-refractivity contribution >= 4 is 46.7 Å². The molecule has 2 aromatic rings. The molecule has 0 atom stereocenters. The van der Waals surface area contributed by atoms with E-state index >= 15 is 0 Å². The lowest BCUT2D eigenvalue weighted by molar-refractivity contribution is 0.102. The third-order valence-corrected chi connectivity index (χ3v) is 5.92. The summed E-state index contributed by atoms with van der Waals surface area (Å²) in [5.41, 5.74) is 0.376. The molecule has 4 nitrogen and oxygen atoms in total. The number of thioether (sulfide) groups is 1. The van der Waals surface area contributed by atoms with E-state index in [1.807, 2.05) is 12.1 Å². The van der Waals surface area contributed by atoms with Crippen molar-refractivity contribution in [2.75, 3.05) is 25.5 Å². The minimum Gasteiger partial charge on any atom is -0.306 e. The Hall–Kier alpha value is -1.27. The van der Waals surface area contributed by atoms with Gasteiger partial charge in [0.1, 0.15) is 5.82 Å². The van der Waals surface area contributed by atoms with Crippen LogP contribution in [0.25, 0.3) is 0 Å². The number of hydrogen-bond donors (Lipinski definition) is 1. The Morgan fingerprint density at radius 2 is 2.00 bits per heavy atom. The Balaban J connectivity index is 1.66. The molecule has 3 rings (SSSR count). The fraction of sp³-hybridized carbons (Fsp3) is 0.333. The van der Waals surface area contributed by atoms with Crippen molar-refractivity contribution in [2.24, 2.45) is 0 Å². The van der Waals surface area contributed by atoms with Crippen LogP contribution in [0.2, 0.25) is 10.0 Å². The molecule has 1 fully saturated rings. The van der Waals surface area contributed by atoms with Gasteiger partial charge < -0.3 is 10.2 Å². The van der Waals surface area contributed by atoms with Gasteiger partial charge in [-0.1, -0.05) is 29.3 Å². The van der Waals surface area contributed by atoms with Gasteiger partial charge in [-0.15, -0.1) is 11.8 Å². The zero-order valence-electron chi connectivity index (χ0n) is 13.8. The van der Waals surface area contributed by atoms with E-state index in [1.54, 1.807) is 36.0 Å². The van der Waals surface area contributed by atoms with E-state index in [9.17, 15) is 4.79 Å². The van der Waals surface area contributed by atoms with E-state index in [4.69, 9.17) is 23.2 Å². The van der Waals surface area contributed by atoms with Crippen LogP contribution >= 0.6 is 35.0 Å². The summed E-state index contributed by atoms with van der Waals surface area (Å²) in [6, 6.07) is 10.5. The van der Waals surface area contributed by atoms with Crippen molar-refractivity contribution in [1.82, 2.24) is 9.88 Å². The quantitative estimate of drug-likeness (QED) is 0.804. The Bertz CT molecular complexity index is 764. The summed E-state index contributed by atoms with van der Waals surface area (Å²) >= 11 is 13.7. The summed E-state index contributed by atoms with van der Waals surface area (Å²) in [5, 5.41) is 5.12. The maximum Gasteiger partial charge on any atom is 0.258 e. The minimum absolute atomic E-state index is 0.296. The average Bonchev–Trinajstić information content (AvgIpc) is 2.57. The van der Waals surface area contributed by atoms with Crippen LogP contribution in [0, 0.1) is 0 Å². The highest BCUT2D eigenvalue weighted by atomic mass is 35.5. The fourth-order valence-corrected chi connectivity index (χ4v) is 4.27. The molecule has 1 aromatic carbocycles. The average molecular weight is 396 g/mol. The van der Waals surface area contributed by atoms with E-state index in [0.29, 0.717) is 26.7 Å². The predicted molar refractivity (Wildman–Crippen MR) is 105 cm³/mol. The Kier molecular flexibility index (Phi) is 6.23. The molecule has 0 aliphatic carbocycles. The monoisotopic (exact) mass is 395 g/mol. The lowest BCUT2D eigenvalue weighted by Crippen LogP contribution is -2.31. The third kappa shape index (κ3) is 5.11. The summed E-state index contributed by atoms with van der Waals surface area (Å²) in [5.74, 6) is 0.226. The first kappa shape index (κ1) is 18.5. The van der Waals surface area contributed by atoms with Crippen LogP contribution in [0.15, 0.2) is 41.4 Å². The number of piperidine rings is 1. The van der Waals surface area contributed by atoms with Gasteiger partial charge in [-0.05, 0) is 63.3 Å². The summed E-state index contributed by atoms with van der Waals surface area (Å²) in [7, 11) is 2.15. The SMILES string of the molecule is CN1CCC(Sc2cccc(NC(=O)c3ccc(Cl)cc3Cl)n2)CC1. The first-order chi connectivity index (χ1) is 12.0. The van der Waals surface area contributed by atoms with Crippen LogP contribution in [0.1, 0.15) is 23.2 Å². The van der Waals surface area contributed by atoms with E-state index < -0.39 is 0 Å². The molecule has 1 aliphatic rings. The fourth-order valence-electron chi connectivity index (χ4n) is 2.68. The highest BCUT2D eigenvalue weighted by Crippen LogP contribution is 2.29. The number of rotatable bonds is 4. The van der Waals surface area contributed by atoms with E-state index in [0.717, 1.165) is 31.0 Å². The Morgan fingerprint density at radius 3 is 2.72 bits per heavy atom. The summed E-state index contributed by atoms with van der Waals surface area (Å²) in [6.45, 7) is 2.23. The van der Waals surface area contributed by atoms with Gasteiger partial charge in [-0.3, -0.25) is 4.79 Å². The number of halogens is 2. The van der Waals surface area contributed by atoms with Crippen LogP contribution in [-0.2, 0) is 0 Å². The molecule has 1 N–H and O–H groups in total. The number of carbonyl (C=O) groups excluding carboxylic acids is 1. The molecular formula is C18H19Cl2N3OS. The van der Waals surface area contributed by atoms with Crippen LogP contribution in [0.3, 0.4) is 0 Å². The van der Waals surface area contributed by atoms with Gasteiger partial charge in [-0.25, -0.2) is 4.98 Å². The predicted octanol–water partition coefficient (Wildman–Crippen LogP) is 4.83. The number of pyridine rings is 1. The highest BCUT2D eigenvalue weighted by Gasteiger charge is 2.18. The second-order valence-electron chi connectivity index (χ2n) is 6.06. The molecule has 1 aromatic heterocycles. The largest absolute Gasteiger partial charge is 0.306 e. The van der Waals surface area contributed by atoms with Crippen LogP contribution < -0.4 is 5.32 Å². The highest BCUT2D eigenvalue weighted by molar-refractivity contribution is 7.99. The number of aromatic nitrogens is 1. The number of hydrogen-bond acceptors (Lipinski definition) is 4. The van der Waals surface area contributed by atoms with E-state index in [-0.39, 0.29) is 5.91 Å². The molecule has 1 aliphatic heterocycles. The maximum atomic E-state index is 12.4. The molecule has 0 unspecified atom stereocenters. The number of anilines is 1. The van der Waals surface area contributed by atoms with Gasteiger partial charge in [0.25, 0.3) is 5.91 Å². The molecule has 1 amide bonds. The number of benzene rings is 1. The first-order valence-corrected chi connectivity index (χ1v) is 9.73.